The zero-order valence-corrected chi connectivity index (χ0v) is 10.4. The third-order valence-corrected chi connectivity index (χ3v) is 3.43. The van der Waals surface area contributed by atoms with Crippen LogP contribution in [0.3, 0.4) is 0 Å². The van der Waals surface area contributed by atoms with E-state index < -0.39 is 5.79 Å². The molecule has 3 nitrogen and oxygen atoms in total. The maximum Gasteiger partial charge on any atom is 0.169 e. The van der Waals surface area contributed by atoms with Gasteiger partial charge in [0.2, 0.25) is 0 Å². The number of benzene rings is 1. The van der Waals surface area contributed by atoms with E-state index in [1.165, 1.54) is 0 Å². The Bertz CT molecular complexity index is 346. The molecular formula is C14H20O3. The molecule has 0 aliphatic carbocycles. The molecule has 0 unspecified atom stereocenters. The smallest absolute Gasteiger partial charge is 0.169 e. The molecule has 0 spiro atoms. The number of hydrogen-bond donors (Lipinski definition) is 1. The first-order valence-electron chi connectivity index (χ1n) is 6.26. The predicted molar refractivity (Wildman–Crippen MR) is 65.5 cm³/mol. The summed E-state index contributed by atoms with van der Waals surface area (Å²) in [7, 11) is 0. The molecule has 1 aliphatic rings. The second-order valence-electron chi connectivity index (χ2n) is 4.41. The minimum absolute atomic E-state index is 0.0126. The van der Waals surface area contributed by atoms with Crippen LogP contribution < -0.4 is 0 Å². The Kier molecular flexibility index (Phi) is 3.82. The number of aliphatic hydroxyl groups excluding tert-OH is 1. The van der Waals surface area contributed by atoms with Gasteiger partial charge >= 0.3 is 0 Å². The lowest BCUT2D eigenvalue weighted by Gasteiger charge is -2.25. The number of rotatable bonds is 4. The van der Waals surface area contributed by atoms with Crippen molar-refractivity contribution in [3.63, 3.8) is 0 Å². The Hall–Kier alpha value is -0.900. The minimum Gasteiger partial charge on any atom is -0.394 e. The third kappa shape index (κ3) is 2.37. The average molecular weight is 236 g/mol. The van der Waals surface area contributed by atoms with Gasteiger partial charge in [0.1, 0.15) is 12.2 Å². The molecule has 1 saturated heterocycles. The number of hydrogen-bond acceptors (Lipinski definition) is 3. The molecule has 1 aromatic carbocycles. The van der Waals surface area contributed by atoms with Gasteiger partial charge in [-0.3, -0.25) is 0 Å². The number of ether oxygens (including phenoxy) is 2. The van der Waals surface area contributed by atoms with Crippen LogP contribution in [0.4, 0.5) is 0 Å². The monoisotopic (exact) mass is 236 g/mol. The van der Waals surface area contributed by atoms with Gasteiger partial charge in [0.25, 0.3) is 0 Å². The highest BCUT2D eigenvalue weighted by molar-refractivity contribution is 5.20. The zero-order valence-electron chi connectivity index (χ0n) is 10.4. The third-order valence-electron chi connectivity index (χ3n) is 3.43. The molecule has 2 atom stereocenters. The first-order valence-corrected chi connectivity index (χ1v) is 6.26. The van der Waals surface area contributed by atoms with E-state index in [0.717, 1.165) is 18.4 Å². The topological polar surface area (TPSA) is 38.7 Å². The van der Waals surface area contributed by atoms with Gasteiger partial charge in [0.15, 0.2) is 5.79 Å². The van der Waals surface area contributed by atoms with Gasteiger partial charge in [0, 0.05) is 0 Å². The largest absolute Gasteiger partial charge is 0.394 e. The standard InChI is InChI=1S/C14H20O3/c1-3-14(4-2)16-12(10-15)13(17-14)11-8-6-5-7-9-11/h5-9,12-13,15H,3-4,10H2,1-2H3/t12-,13-/m0/s1. The highest BCUT2D eigenvalue weighted by Gasteiger charge is 2.45. The van der Waals surface area contributed by atoms with Crippen molar-refractivity contribution < 1.29 is 14.6 Å². The van der Waals surface area contributed by atoms with Gasteiger partial charge in [-0.25, -0.2) is 0 Å². The first-order chi connectivity index (χ1) is 8.24. The summed E-state index contributed by atoms with van der Waals surface area (Å²) >= 11 is 0. The zero-order chi connectivity index (χ0) is 12.3. The quantitative estimate of drug-likeness (QED) is 0.873. The molecule has 0 bridgehead atoms. The Balaban J connectivity index is 2.23. The lowest BCUT2D eigenvalue weighted by molar-refractivity contribution is -0.181. The van der Waals surface area contributed by atoms with Gasteiger partial charge in [-0.1, -0.05) is 44.2 Å². The molecule has 1 aliphatic heterocycles. The van der Waals surface area contributed by atoms with Crippen LogP contribution >= 0.6 is 0 Å². The van der Waals surface area contributed by atoms with Crippen molar-refractivity contribution in [2.24, 2.45) is 0 Å². The number of aliphatic hydroxyl groups is 1. The average Bonchev–Trinajstić information content (AvgIpc) is 2.79. The first kappa shape index (κ1) is 12.6. The van der Waals surface area contributed by atoms with E-state index in [9.17, 15) is 5.11 Å². The SMILES string of the molecule is CCC1(CC)O[C@@H](CO)[C@H](c2ccccc2)O1. The van der Waals surface area contributed by atoms with Crippen LogP contribution in [0, 0.1) is 0 Å². The van der Waals surface area contributed by atoms with Crippen molar-refractivity contribution in [3.05, 3.63) is 35.9 Å². The molecule has 0 amide bonds. The van der Waals surface area contributed by atoms with E-state index in [-0.39, 0.29) is 18.8 Å². The fraction of sp³-hybridized carbons (Fsp3) is 0.571. The van der Waals surface area contributed by atoms with Crippen LogP contribution in [0.1, 0.15) is 38.4 Å². The summed E-state index contributed by atoms with van der Waals surface area (Å²) in [5.74, 6) is -0.534. The Morgan fingerprint density at radius 2 is 1.76 bits per heavy atom. The highest BCUT2D eigenvalue weighted by Crippen LogP contribution is 2.41. The molecule has 1 fully saturated rings. The summed E-state index contributed by atoms with van der Waals surface area (Å²) < 4.78 is 11.9. The van der Waals surface area contributed by atoms with Crippen LogP contribution in [-0.4, -0.2) is 23.6 Å². The van der Waals surface area contributed by atoms with E-state index >= 15 is 0 Å². The summed E-state index contributed by atoms with van der Waals surface area (Å²) in [6, 6.07) is 9.95. The summed E-state index contributed by atoms with van der Waals surface area (Å²) in [4.78, 5) is 0. The maximum atomic E-state index is 9.42. The van der Waals surface area contributed by atoms with E-state index in [0.29, 0.717) is 0 Å². The molecular weight excluding hydrogens is 216 g/mol. The summed E-state index contributed by atoms with van der Waals surface area (Å²) in [6.45, 7) is 4.08. The Labute approximate surface area is 102 Å². The molecule has 94 valence electrons. The fourth-order valence-corrected chi connectivity index (χ4v) is 2.31. The van der Waals surface area contributed by atoms with Gasteiger partial charge in [0.05, 0.1) is 6.61 Å². The second kappa shape index (κ2) is 5.17. The molecule has 1 heterocycles. The van der Waals surface area contributed by atoms with Gasteiger partial charge in [-0.15, -0.1) is 0 Å². The molecule has 3 heteroatoms. The van der Waals surface area contributed by atoms with Crippen molar-refractivity contribution in [1.29, 1.82) is 0 Å². The van der Waals surface area contributed by atoms with Crippen LogP contribution in [0.5, 0.6) is 0 Å². The van der Waals surface area contributed by atoms with Crippen LogP contribution in [0.25, 0.3) is 0 Å². The molecule has 0 saturated carbocycles. The van der Waals surface area contributed by atoms with Crippen LogP contribution in [0.15, 0.2) is 30.3 Å². The molecule has 2 rings (SSSR count). The summed E-state index contributed by atoms with van der Waals surface area (Å²) in [5.41, 5.74) is 1.07. The summed E-state index contributed by atoms with van der Waals surface area (Å²) in [5, 5.41) is 9.42. The van der Waals surface area contributed by atoms with E-state index in [4.69, 9.17) is 9.47 Å². The summed E-state index contributed by atoms with van der Waals surface area (Å²) in [6.07, 6.45) is 1.16. The van der Waals surface area contributed by atoms with Crippen molar-refractivity contribution in [2.45, 2.75) is 44.7 Å². The fourth-order valence-electron chi connectivity index (χ4n) is 2.31. The van der Waals surface area contributed by atoms with Crippen molar-refractivity contribution in [1.82, 2.24) is 0 Å². The van der Waals surface area contributed by atoms with E-state index in [1.807, 2.05) is 44.2 Å². The Morgan fingerprint density at radius 3 is 2.29 bits per heavy atom. The van der Waals surface area contributed by atoms with Gasteiger partial charge in [-0.2, -0.15) is 0 Å². The lowest BCUT2D eigenvalue weighted by Crippen LogP contribution is -2.29. The van der Waals surface area contributed by atoms with Gasteiger partial charge in [-0.05, 0) is 18.4 Å². The van der Waals surface area contributed by atoms with Crippen molar-refractivity contribution in [2.75, 3.05) is 6.61 Å². The van der Waals surface area contributed by atoms with Crippen molar-refractivity contribution in [3.8, 4) is 0 Å². The van der Waals surface area contributed by atoms with Crippen LogP contribution in [-0.2, 0) is 9.47 Å². The minimum atomic E-state index is -0.534. The van der Waals surface area contributed by atoms with Gasteiger partial charge < -0.3 is 14.6 Å². The normalized spacial score (nSPS) is 27.2. The van der Waals surface area contributed by atoms with E-state index in [1.54, 1.807) is 0 Å². The molecule has 0 aromatic heterocycles. The molecule has 0 radical (unpaired) electrons. The highest BCUT2D eigenvalue weighted by atomic mass is 16.8. The predicted octanol–water partition coefficient (Wildman–Crippen LogP) is 2.65. The molecule has 1 aromatic rings. The van der Waals surface area contributed by atoms with Crippen LogP contribution in [0.2, 0.25) is 0 Å². The molecule has 17 heavy (non-hydrogen) atoms. The lowest BCUT2D eigenvalue weighted by atomic mass is 10.1. The van der Waals surface area contributed by atoms with E-state index in [2.05, 4.69) is 0 Å². The molecule has 1 N–H and O–H groups in total. The second-order valence-corrected chi connectivity index (χ2v) is 4.41. The van der Waals surface area contributed by atoms with Crippen molar-refractivity contribution >= 4 is 0 Å². The maximum absolute atomic E-state index is 9.42. The Morgan fingerprint density at radius 1 is 1.12 bits per heavy atom.